The molecule has 5 nitrogen and oxygen atoms in total. The van der Waals surface area contributed by atoms with Crippen molar-refractivity contribution < 1.29 is 24.2 Å². The summed E-state index contributed by atoms with van der Waals surface area (Å²) in [6.45, 7) is 9.12. The fourth-order valence-electron chi connectivity index (χ4n) is 8.06. The van der Waals surface area contributed by atoms with Crippen molar-refractivity contribution in [3.63, 3.8) is 0 Å². The molecule has 0 bridgehead atoms. The average molecular weight is 403 g/mol. The molecular weight excluding hydrogens is 368 g/mol. The maximum Gasteiger partial charge on any atom is 0.303 e. The van der Waals surface area contributed by atoms with Crippen LogP contribution in [0.2, 0.25) is 0 Å². The molecule has 0 spiro atoms. The molecule has 0 radical (unpaired) electrons. The third-order valence-electron chi connectivity index (χ3n) is 9.29. The van der Waals surface area contributed by atoms with Crippen LogP contribution >= 0.6 is 0 Å². The first-order chi connectivity index (χ1) is 13.4. The van der Waals surface area contributed by atoms with Gasteiger partial charge in [0.2, 0.25) is 0 Å². The van der Waals surface area contributed by atoms with E-state index in [2.05, 4.69) is 13.8 Å². The number of rotatable bonds is 2. The number of hydrogen-bond donors (Lipinski definition) is 1. The van der Waals surface area contributed by atoms with E-state index in [9.17, 15) is 19.5 Å². The first kappa shape index (κ1) is 20.8. The Kier molecular flexibility index (Phi) is 4.48. The lowest BCUT2D eigenvalue weighted by molar-refractivity contribution is -0.190. The van der Waals surface area contributed by atoms with Gasteiger partial charge in [0.1, 0.15) is 0 Å². The quantitative estimate of drug-likeness (QED) is 0.711. The Morgan fingerprint density at radius 1 is 1.07 bits per heavy atom. The maximum absolute atomic E-state index is 12.8. The van der Waals surface area contributed by atoms with E-state index < -0.39 is 22.6 Å². The van der Waals surface area contributed by atoms with E-state index in [4.69, 9.17) is 4.74 Å². The van der Waals surface area contributed by atoms with Crippen LogP contribution in [0.4, 0.5) is 0 Å². The lowest BCUT2D eigenvalue weighted by Gasteiger charge is -2.62. The minimum absolute atomic E-state index is 0.0613. The molecule has 4 aliphatic carbocycles. The van der Waals surface area contributed by atoms with E-state index in [0.717, 1.165) is 31.3 Å². The number of esters is 1. The van der Waals surface area contributed by atoms with Crippen molar-refractivity contribution in [1.29, 1.82) is 0 Å². The molecule has 1 N–H and O–H groups in total. The van der Waals surface area contributed by atoms with Crippen molar-refractivity contribution >= 4 is 17.5 Å². The second kappa shape index (κ2) is 6.26. The third-order valence-corrected chi connectivity index (χ3v) is 9.29. The van der Waals surface area contributed by atoms with Crippen molar-refractivity contribution in [1.82, 2.24) is 0 Å². The topological polar surface area (TPSA) is 80.7 Å². The van der Waals surface area contributed by atoms with Gasteiger partial charge >= 0.3 is 5.97 Å². The van der Waals surface area contributed by atoms with Gasteiger partial charge in [-0.2, -0.15) is 0 Å². The van der Waals surface area contributed by atoms with Crippen LogP contribution in [-0.4, -0.2) is 33.8 Å². The largest absolute Gasteiger partial charge is 0.451 e. The molecule has 0 aliphatic heterocycles. The Morgan fingerprint density at radius 3 is 2.34 bits per heavy atom. The van der Waals surface area contributed by atoms with Gasteiger partial charge in [-0.15, -0.1) is 0 Å². The lowest BCUT2D eigenvalue weighted by atomic mass is 9.44. The molecule has 4 aliphatic rings. The highest BCUT2D eigenvalue weighted by molar-refractivity contribution is 5.92. The van der Waals surface area contributed by atoms with Gasteiger partial charge in [-0.3, -0.25) is 14.4 Å². The van der Waals surface area contributed by atoms with Crippen LogP contribution in [0.1, 0.15) is 79.6 Å². The Balaban J connectivity index is 1.77. The molecule has 0 heterocycles. The van der Waals surface area contributed by atoms with Gasteiger partial charge in [0.15, 0.2) is 17.2 Å². The Bertz CT molecular complexity index is 810. The normalized spacial score (nSPS) is 48.8. The second-order valence-electron chi connectivity index (χ2n) is 10.8. The minimum Gasteiger partial charge on any atom is -0.451 e. The number of ether oxygens (including phenoxy) is 1. The van der Waals surface area contributed by atoms with Crippen LogP contribution in [0.15, 0.2) is 11.6 Å². The smallest absolute Gasteiger partial charge is 0.303 e. The van der Waals surface area contributed by atoms with E-state index in [1.807, 2.05) is 6.92 Å². The number of carbonyl (C=O) groups is 3. The zero-order valence-corrected chi connectivity index (χ0v) is 18.3. The van der Waals surface area contributed by atoms with Crippen LogP contribution in [0.5, 0.6) is 0 Å². The molecule has 29 heavy (non-hydrogen) atoms. The van der Waals surface area contributed by atoms with Crippen LogP contribution in [0.25, 0.3) is 0 Å². The summed E-state index contributed by atoms with van der Waals surface area (Å²) in [5.41, 5.74) is -1.77. The summed E-state index contributed by atoms with van der Waals surface area (Å²) in [6.07, 6.45) is 6.76. The molecule has 5 heteroatoms. The molecule has 0 saturated heterocycles. The average Bonchev–Trinajstić information content (AvgIpc) is 2.90. The van der Waals surface area contributed by atoms with Gasteiger partial charge in [-0.1, -0.05) is 13.8 Å². The summed E-state index contributed by atoms with van der Waals surface area (Å²) in [7, 11) is 0. The van der Waals surface area contributed by atoms with Crippen molar-refractivity contribution in [2.75, 3.05) is 0 Å². The van der Waals surface area contributed by atoms with Crippen LogP contribution < -0.4 is 0 Å². The molecule has 3 saturated carbocycles. The summed E-state index contributed by atoms with van der Waals surface area (Å²) in [4.78, 5) is 36.9. The predicted molar refractivity (Wildman–Crippen MR) is 108 cm³/mol. The number of aliphatic hydroxyl groups is 1. The minimum atomic E-state index is -1.06. The Hall–Kier alpha value is -1.49. The molecule has 0 aromatic rings. The molecular formula is C24H34O5. The molecule has 0 aromatic carbocycles. The maximum atomic E-state index is 12.8. The molecule has 0 aromatic heterocycles. The van der Waals surface area contributed by atoms with Crippen molar-refractivity contribution in [3.8, 4) is 0 Å². The zero-order valence-electron chi connectivity index (χ0n) is 18.3. The standard InChI is InChI=1S/C24H34O5/c1-14(25)24(29-15(2)26)11-8-19-17-13-23(5,28)20-12-16(27)6-9-21(20,3)18(17)7-10-22(19,24)4/h12,17-19,28H,6-11,13H2,1-5H3/t17-,18-,19+,21+,22-,23+,24-/m0/s1. The number of fused-ring (bicyclic) bond motifs is 5. The summed E-state index contributed by atoms with van der Waals surface area (Å²) >= 11 is 0. The van der Waals surface area contributed by atoms with Gasteiger partial charge in [-0.25, -0.2) is 0 Å². The van der Waals surface area contributed by atoms with Crippen LogP contribution in [0, 0.1) is 28.6 Å². The highest BCUT2D eigenvalue weighted by Gasteiger charge is 2.69. The highest BCUT2D eigenvalue weighted by Crippen LogP contribution is 2.69. The van der Waals surface area contributed by atoms with Gasteiger partial charge in [0, 0.05) is 18.8 Å². The van der Waals surface area contributed by atoms with E-state index >= 15 is 0 Å². The van der Waals surface area contributed by atoms with E-state index in [-0.39, 0.29) is 28.8 Å². The number of ketones is 2. The van der Waals surface area contributed by atoms with E-state index in [1.165, 1.54) is 6.92 Å². The third kappa shape index (κ3) is 2.65. The second-order valence-corrected chi connectivity index (χ2v) is 10.8. The van der Waals surface area contributed by atoms with Gasteiger partial charge in [0.05, 0.1) is 5.60 Å². The lowest BCUT2D eigenvalue weighted by Crippen LogP contribution is -2.61. The Morgan fingerprint density at radius 2 is 1.72 bits per heavy atom. The molecule has 0 amide bonds. The summed E-state index contributed by atoms with van der Waals surface area (Å²) in [5.74, 6) is 0.489. The molecule has 4 rings (SSSR count). The number of carbonyl (C=O) groups excluding carboxylic acids is 3. The first-order valence-corrected chi connectivity index (χ1v) is 11.1. The van der Waals surface area contributed by atoms with Crippen molar-refractivity contribution in [2.24, 2.45) is 28.6 Å². The highest BCUT2D eigenvalue weighted by atomic mass is 16.6. The van der Waals surface area contributed by atoms with Crippen LogP contribution in [0.3, 0.4) is 0 Å². The van der Waals surface area contributed by atoms with Gasteiger partial charge < -0.3 is 9.84 Å². The Labute approximate surface area is 173 Å². The number of hydrogen-bond acceptors (Lipinski definition) is 5. The fourth-order valence-corrected chi connectivity index (χ4v) is 8.06. The molecule has 3 fully saturated rings. The monoisotopic (exact) mass is 402 g/mol. The summed E-state index contributed by atoms with van der Waals surface area (Å²) in [5, 5.41) is 11.4. The van der Waals surface area contributed by atoms with E-state index in [1.54, 1.807) is 13.0 Å². The zero-order chi connectivity index (χ0) is 21.4. The van der Waals surface area contributed by atoms with Crippen molar-refractivity contribution in [2.45, 2.75) is 90.8 Å². The van der Waals surface area contributed by atoms with Gasteiger partial charge in [0.25, 0.3) is 0 Å². The van der Waals surface area contributed by atoms with Crippen molar-refractivity contribution in [3.05, 3.63) is 11.6 Å². The van der Waals surface area contributed by atoms with E-state index in [0.29, 0.717) is 25.2 Å². The number of Topliss-reactive ketones (excluding diaryl/α,β-unsaturated/α-hetero) is 1. The molecule has 7 atom stereocenters. The van der Waals surface area contributed by atoms with Crippen LogP contribution in [-0.2, 0) is 19.1 Å². The molecule has 0 unspecified atom stereocenters. The SMILES string of the molecule is CC(=O)O[C@]1(C(C)=O)CC[C@@H]2[C@H]3C[C@@](C)(O)C4=CC(=O)CC[C@]4(C)[C@H]3CC[C@@]21C. The summed E-state index contributed by atoms with van der Waals surface area (Å²) in [6, 6.07) is 0. The predicted octanol–water partition coefficient (Wildman–Crippen LogP) is 3.77. The van der Waals surface area contributed by atoms with Gasteiger partial charge in [-0.05, 0) is 87.2 Å². The first-order valence-electron chi connectivity index (χ1n) is 11.1. The fraction of sp³-hybridized carbons (Fsp3) is 0.792. The molecule has 160 valence electrons. The summed E-state index contributed by atoms with van der Waals surface area (Å²) < 4.78 is 5.80.